The Morgan fingerprint density at radius 3 is 2.13 bits per heavy atom. The molecule has 0 spiro atoms. The van der Waals surface area contributed by atoms with E-state index in [4.69, 9.17) is 4.74 Å². The zero-order valence-corrected chi connectivity index (χ0v) is 17.9. The number of nitrogens with zero attached hydrogens (tertiary/aromatic N) is 1. The topological polar surface area (TPSA) is 68.3 Å². The molecule has 4 aromatic rings. The van der Waals surface area contributed by atoms with E-state index in [1.165, 1.54) is 23.5 Å². The Kier molecular flexibility index (Phi) is 5.94. The van der Waals surface area contributed by atoms with Gasteiger partial charge in [-0.15, -0.1) is 11.3 Å². The van der Waals surface area contributed by atoms with E-state index >= 15 is 0 Å². The van der Waals surface area contributed by atoms with Crippen molar-refractivity contribution in [1.29, 1.82) is 0 Å². The van der Waals surface area contributed by atoms with Crippen molar-refractivity contribution in [2.75, 3.05) is 0 Å². The third kappa shape index (κ3) is 4.76. The molecule has 0 aliphatic heterocycles. The number of sulfonamides is 1. The Bertz CT molecular complexity index is 1220. The van der Waals surface area contributed by atoms with Crippen molar-refractivity contribution < 1.29 is 13.2 Å². The molecule has 0 saturated carbocycles. The van der Waals surface area contributed by atoms with E-state index in [9.17, 15) is 8.42 Å². The molecule has 3 aromatic carbocycles. The molecular weight excluding hydrogens is 416 g/mol. The van der Waals surface area contributed by atoms with Crippen LogP contribution in [0.2, 0.25) is 0 Å². The van der Waals surface area contributed by atoms with E-state index in [1.54, 1.807) is 12.1 Å². The molecule has 30 heavy (non-hydrogen) atoms. The number of benzene rings is 3. The lowest BCUT2D eigenvalue weighted by atomic mass is 10.2. The second kappa shape index (κ2) is 8.79. The molecule has 7 heteroatoms. The van der Waals surface area contributed by atoms with Gasteiger partial charge in [-0.3, -0.25) is 0 Å². The largest absolute Gasteiger partial charge is 0.457 e. The maximum absolute atomic E-state index is 12.7. The van der Waals surface area contributed by atoms with E-state index in [1.807, 2.05) is 67.6 Å². The molecule has 0 aliphatic carbocycles. The summed E-state index contributed by atoms with van der Waals surface area (Å²) >= 11 is 1.49. The van der Waals surface area contributed by atoms with E-state index < -0.39 is 10.0 Å². The van der Waals surface area contributed by atoms with Gasteiger partial charge in [0.15, 0.2) is 0 Å². The number of para-hydroxylation sites is 1. The molecule has 0 bridgehead atoms. The van der Waals surface area contributed by atoms with Gasteiger partial charge in [-0.25, -0.2) is 18.1 Å². The molecule has 0 amide bonds. The molecule has 1 heterocycles. The Balaban J connectivity index is 1.44. The first-order valence-electron chi connectivity index (χ1n) is 9.36. The fourth-order valence-corrected chi connectivity index (χ4v) is 4.95. The van der Waals surface area contributed by atoms with Gasteiger partial charge in [0, 0.05) is 17.0 Å². The predicted octanol–water partition coefficient (Wildman–Crippen LogP) is 5.39. The molecule has 0 fully saturated rings. The van der Waals surface area contributed by atoms with Crippen molar-refractivity contribution in [3.63, 3.8) is 0 Å². The summed E-state index contributed by atoms with van der Waals surface area (Å²) in [5.74, 6) is 1.27. The maximum atomic E-state index is 12.7. The number of ether oxygens (including phenoxy) is 1. The normalized spacial score (nSPS) is 11.4. The quantitative estimate of drug-likeness (QED) is 0.422. The Hall–Kier alpha value is -3.00. The third-order valence-electron chi connectivity index (χ3n) is 4.45. The first kappa shape index (κ1) is 20.3. The fraction of sp³-hybridized carbons (Fsp3) is 0.0870. The molecule has 0 radical (unpaired) electrons. The minimum absolute atomic E-state index is 0.188. The number of thiazole rings is 1. The first-order chi connectivity index (χ1) is 14.5. The number of hydrogen-bond acceptors (Lipinski definition) is 5. The van der Waals surface area contributed by atoms with Crippen LogP contribution in [0.1, 0.15) is 10.6 Å². The van der Waals surface area contributed by atoms with Crippen molar-refractivity contribution >= 4 is 21.4 Å². The average molecular weight is 437 g/mol. The van der Waals surface area contributed by atoms with Crippen LogP contribution in [0.15, 0.2) is 89.8 Å². The number of aromatic nitrogens is 1. The van der Waals surface area contributed by atoms with E-state index in [0.717, 1.165) is 21.1 Å². The van der Waals surface area contributed by atoms with Gasteiger partial charge < -0.3 is 4.74 Å². The lowest BCUT2D eigenvalue weighted by Gasteiger charge is -2.08. The van der Waals surface area contributed by atoms with Gasteiger partial charge in [-0.1, -0.05) is 48.5 Å². The third-order valence-corrected chi connectivity index (χ3v) is 7.07. The molecule has 0 unspecified atom stereocenters. The Labute approximate surface area is 180 Å². The predicted molar refractivity (Wildman–Crippen MR) is 119 cm³/mol. The van der Waals surface area contributed by atoms with Crippen LogP contribution in [0.5, 0.6) is 11.5 Å². The van der Waals surface area contributed by atoms with Crippen molar-refractivity contribution in [3.05, 3.63) is 95.5 Å². The Morgan fingerprint density at radius 1 is 0.867 bits per heavy atom. The van der Waals surface area contributed by atoms with Gasteiger partial charge in [0.05, 0.1) is 10.6 Å². The van der Waals surface area contributed by atoms with Gasteiger partial charge in [0.1, 0.15) is 16.5 Å². The summed E-state index contributed by atoms with van der Waals surface area (Å²) in [7, 11) is -3.65. The summed E-state index contributed by atoms with van der Waals surface area (Å²) < 4.78 is 33.8. The SMILES string of the molecule is Cc1nc(-c2ccccc2)sc1CNS(=O)(=O)c1ccc(Oc2ccccc2)cc1. The maximum Gasteiger partial charge on any atom is 0.240 e. The second-order valence-electron chi connectivity index (χ2n) is 6.60. The monoisotopic (exact) mass is 436 g/mol. The number of rotatable bonds is 7. The van der Waals surface area contributed by atoms with Crippen LogP contribution in [0.4, 0.5) is 0 Å². The minimum Gasteiger partial charge on any atom is -0.457 e. The zero-order valence-electron chi connectivity index (χ0n) is 16.3. The van der Waals surface area contributed by atoms with Gasteiger partial charge in [-0.05, 0) is 43.3 Å². The van der Waals surface area contributed by atoms with Crippen molar-refractivity contribution in [3.8, 4) is 22.1 Å². The summed E-state index contributed by atoms with van der Waals surface area (Å²) in [5.41, 5.74) is 1.85. The van der Waals surface area contributed by atoms with Gasteiger partial charge in [0.2, 0.25) is 10.0 Å². The zero-order chi connectivity index (χ0) is 21.0. The van der Waals surface area contributed by atoms with Crippen LogP contribution >= 0.6 is 11.3 Å². The minimum atomic E-state index is -3.65. The molecule has 1 N–H and O–H groups in total. The molecule has 4 rings (SSSR count). The lowest BCUT2D eigenvalue weighted by Crippen LogP contribution is -2.23. The van der Waals surface area contributed by atoms with Crippen LogP contribution in [0.3, 0.4) is 0 Å². The highest BCUT2D eigenvalue weighted by Crippen LogP contribution is 2.28. The van der Waals surface area contributed by atoms with Gasteiger partial charge in [0.25, 0.3) is 0 Å². The van der Waals surface area contributed by atoms with Gasteiger partial charge in [-0.2, -0.15) is 0 Å². The average Bonchev–Trinajstić information content (AvgIpc) is 3.15. The molecular formula is C23H20N2O3S2. The molecule has 0 saturated heterocycles. The van der Waals surface area contributed by atoms with Gasteiger partial charge >= 0.3 is 0 Å². The van der Waals surface area contributed by atoms with Crippen LogP contribution in [0.25, 0.3) is 10.6 Å². The van der Waals surface area contributed by atoms with Crippen LogP contribution in [-0.4, -0.2) is 13.4 Å². The van der Waals surface area contributed by atoms with Crippen molar-refractivity contribution in [2.24, 2.45) is 0 Å². The second-order valence-corrected chi connectivity index (χ2v) is 9.46. The lowest BCUT2D eigenvalue weighted by molar-refractivity contribution is 0.482. The summed E-state index contributed by atoms with van der Waals surface area (Å²) in [4.78, 5) is 5.65. The number of hydrogen-bond donors (Lipinski definition) is 1. The smallest absolute Gasteiger partial charge is 0.240 e. The van der Waals surface area contributed by atoms with Crippen LogP contribution in [-0.2, 0) is 16.6 Å². The van der Waals surface area contributed by atoms with E-state index in [2.05, 4.69) is 9.71 Å². The van der Waals surface area contributed by atoms with Crippen LogP contribution < -0.4 is 9.46 Å². The highest BCUT2D eigenvalue weighted by molar-refractivity contribution is 7.89. The van der Waals surface area contributed by atoms with Crippen molar-refractivity contribution in [1.82, 2.24) is 9.71 Å². The molecule has 152 valence electrons. The van der Waals surface area contributed by atoms with E-state index in [0.29, 0.717) is 11.5 Å². The number of aryl methyl sites for hydroxylation is 1. The molecule has 5 nitrogen and oxygen atoms in total. The van der Waals surface area contributed by atoms with Crippen LogP contribution in [0, 0.1) is 6.92 Å². The summed E-state index contributed by atoms with van der Waals surface area (Å²) in [5, 5.41) is 0.879. The molecule has 1 aromatic heterocycles. The molecule has 0 atom stereocenters. The summed E-state index contributed by atoms with van der Waals surface area (Å²) in [6.45, 7) is 2.09. The highest BCUT2D eigenvalue weighted by atomic mass is 32.2. The molecule has 0 aliphatic rings. The number of nitrogens with one attached hydrogen (secondary N) is 1. The van der Waals surface area contributed by atoms with E-state index in [-0.39, 0.29) is 11.4 Å². The standard InChI is InChI=1S/C23H20N2O3S2/c1-17-22(29-23(25-17)18-8-4-2-5-9-18)16-24-30(26,27)21-14-12-20(13-15-21)28-19-10-6-3-7-11-19/h2-15,24H,16H2,1H3. The summed E-state index contributed by atoms with van der Waals surface area (Å²) in [6, 6.07) is 25.6. The first-order valence-corrected chi connectivity index (χ1v) is 11.7. The highest BCUT2D eigenvalue weighted by Gasteiger charge is 2.16. The Morgan fingerprint density at radius 2 is 1.47 bits per heavy atom. The fourth-order valence-electron chi connectivity index (χ4n) is 2.85. The summed E-state index contributed by atoms with van der Waals surface area (Å²) in [6.07, 6.45) is 0. The van der Waals surface area contributed by atoms with Crippen molar-refractivity contribution in [2.45, 2.75) is 18.4 Å².